The molecule has 0 radical (unpaired) electrons. The molecule has 1 saturated heterocycles. The molecular weight excluding hydrogens is 602 g/mol. The Hall–Kier alpha value is -4.01. The Morgan fingerprint density at radius 1 is 1.14 bits per heavy atom. The summed E-state index contributed by atoms with van der Waals surface area (Å²) in [5, 5.41) is 7.05. The largest absolute Gasteiger partial charge is 0.496 e. The Morgan fingerprint density at radius 3 is 2.64 bits per heavy atom. The first-order chi connectivity index (χ1) is 20.5. The van der Waals surface area contributed by atoms with E-state index in [0.717, 1.165) is 35.3 Å². The molecule has 236 valence electrons. The number of rotatable bonds is 9. The lowest BCUT2D eigenvalue weighted by molar-refractivity contribution is -0.142. The van der Waals surface area contributed by atoms with Crippen LogP contribution in [-0.2, 0) is 13.1 Å². The third kappa shape index (κ3) is 7.92. The molecule has 1 aromatic carbocycles. The molecule has 1 fully saturated rings. The molecule has 3 N–H and O–H groups in total. The third-order valence-electron chi connectivity index (χ3n) is 6.93. The summed E-state index contributed by atoms with van der Waals surface area (Å²) in [6, 6.07) is 6.58. The number of hydrogen-bond donors (Lipinski definition) is 2. The standard InChI is InChI=1S/C29H33F4N9O.ClH/c1-40(2)14-18-9-22(30)27(24(10-18)43-3)28-35-7-6-25(39-28)38-26-11-23(41-8-4-5-20(34)16-41)21(13-36-26)19-12-37-42(15-19)17-29(31,32)33;/h6-7,9-13,15,20H,4-5,8,14,16-17,34H2,1-3H3,(H,35,36,38,39);1H/t20-;/m0./s1. The van der Waals surface area contributed by atoms with Crippen molar-refractivity contribution >= 4 is 29.7 Å². The van der Waals surface area contributed by atoms with Gasteiger partial charge in [-0.15, -0.1) is 12.4 Å². The number of alkyl halides is 3. The highest BCUT2D eigenvalue weighted by Crippen LogP contribution is 2.36. The lowest BCUT2D eigenvalue weighted by Gasteiger charge is -2.34. The van der Waals surface area contributed by atoms with Crippen molar-refractivity contribution in [1.29, 1.82) is 0 Å². The van der Waals surface area contributed by atoms with Crippen molar-refractivity contribution in [1.82, 2.24) is 29.6 Å². The van der Waals surface area contributed by atoms with E-state index in [0.29, 0.717) is 41.6 Å². The fraction of sp³-hybridized carbons (Fsp3) is 0.379. The number of nitrogens with zero attached hydrogens (tertiary/aromatic N) is 7. The summed E-state index contributed by atoms with van der Waals surface area (Å²) in [7, 11) is 5.25. The second-order valence-electron chi connectivity index (χ2n) is 10.8. The van der Waals surface area contributed by atoms with Crippen LogP contribution in [0.25, 0.3) is 22.5 Å². The molecule has 4 aromatic rings. The molecule has 0 spiro atoms. The van der Waals surface area contributed by atoms with Crippen LogP contribution < -0.4 is 20.7 Å². The average molecular weight is 636 g/mol. The van der Waals surface area contributed by atoms with Gasteiger partial charge in [0.2, 0.25) is 0 Å². The van der Waals surface area contributed by atoms with Gasteiger partial charge in [0.15, 0.2) is 5.82 Å². The van der Waals surface area contributed by atoms with Gasteiger partial charge in [0.25, 0.3) is 0 Å². The monoisotopic (exact) mass is 635 g/mol. The van der Waals surface area contributed by atoms with Crippen LogP contribution in [0.5, 0.6) is 5.75 Å². The van der Waals surface area contributed by atoms with E-state index in [1.807, 2.05) is 19.0 Å². The number of benzene rings is 1. The molecule has 15 heteroatoms. The van der Waals surface area contributed by atoms with E-state index in [1.165, 1.54) is 31.8 Å². The van der Waals surface area contributed by atoms with Crippen molar-refractivity contribution in [3.63, 3.8) is 0 Å². The minimum Gasteiger partial charge on any atom is -0.496 e. The van der Waals surface area contributed by atoms with Gasteiger partial charge >= 0.3 is 6.18 Å². The van der Waals surface area contributed by atoms with Crippen LogP contribution in [0, 0.1) is 5.82 Å². The minimum absolute atomic E-state index is 0. The Morgan fingerprint density at radius 2 is 1.93 bits per heavy atom. The molecule has 44 heavy (non-hydrogen) atoms. The maximum absolute atomic E-state index is 15.3. The minimum atomic E-state index is -4.39. The van der Waals surface area contributed by atoms with Crippen molar-refractivity contribution < 1.29 is 22.3 Å². The molecule has 1 atom stereocenters. The van der Waals surface area contributed by atoms with E-state index in [2.05, 4.69) is 30.3 Å². The first kappa shape index (κ1) is 32.9. The third-order valence-corrected chi connectivity index (χ3v) is 6.93. The summed E-state index contributed by atoms with van der Waals surface area (Å²) in [5.74, 6) is 0.728. The number of pyridine rings is 1. The number of nitrogens with two attached hydrogens (primary N) is 1. The number of ether oxygens (including phenoxy) is 1. The second-order valence-corrected chi connectivity index (χ2v) is 10.8. The maximum atomic E-state index is 15.3. The number of piperidine rings is 1. The Balaban J connectivity index is 0.00000442. The quantitative estimate of drug-likeness (QED) is 0.238. The average Bonchev–Trinajstić information content (AvgIpc) is 3.39. The summed E-state index contributed by atoms with van der Waals surface area (Å²) in [4.78, 5) is 17.3. The fourth-order valence-corrected chi connectivity index (χ4v) is 5.15. The van der Waals surface area contributed by atoms with Crippen molar-refractivity contribution in [2.45, 2.75) is 38.1 Å². The zero-order chi connectivity index (χ0) is 30.7. The number of nitrogens with one attached hydrogen (secondary N) is 1. The van der Waals surface area contributed by atoms with Crippen LogP contribution in [0.4, 0.5) is 34.9 Å². The molecule has 3 aromatic heterocycles. The van der Waals surface area contributed by atoms with Crippen LogP contribution in [-0.4, -0.2) is 76.1 Å². The van der Waals surface area contributed by atoms with Crippen LogP contribution in [0.15, 0.2) is 49.1 Å². The van der Waals surface area contributed by atoms with Crippen LogP contribution in [0.2, 0.25) is 0 Å². The normalized spacial score (nSPS) is 15.3. The van der Waals surface area contributed by atoms with Gasteiger partial charge in [0, 0.05) is 67.1 Å². The molecule has 0 amide bonds. The molecule has 0 saturated carbocycles. The van der Waals surface area contributed by atoms with Gasteiger partial charge in [-0.25, -0.2) is 19.3 Å². The molecular formula is C29H34ClF4N9O. The molecule has 4 heterocycles. The summed E-state index contributed by atoms with van der Waals surface area (Å²) in [5.41, 5.74) is 9.01. The molecule has 0 bridgehead atoms. The SMILES string of the molecule is COc1cc(CN(C)C)cc(F)c1-c1nccc(Nc2cc(N3CCC[C@H](N)C3)c(-c3cnn(CC(F)(F)F)c3)cn2)n1.Cl. The molecule has 0 unspecified atom stereocenters. The Bertz CT molecular complexity index is 1580. The molecule has 0 aliphatic carbocycles. The molecule has 1 aliphatic rings. The summed E-state index contributed by atoms with van der Waals surface area (Å²) >= 11 is 0. The Kier molecular flexibility index (Phi) is 10.3. The number of anilines is 3. The maximum Gasteiger partial charge on any atom is 0.408 e. The van der Waals surface area contributed by atoms with Gasteiger partial charge in [0.1, 0.15) is 29.7 Å². The zero-order valence-electron chi connectivity index (χ0n) is 24.5. The van der Waals surface area contributed by atoms with Crippen molar-refractivity contribution in [3.05, 3.63) is 60.4 Å². The van der Waals surface area contributed by atoms with Crippen molar-refractivity contribution in [3.8, 4) is 28.3 Å². The molecule has 5 rings (SSSR count). The van der Waals surface area contributed by atoms with Crippen LogP contribution >= 0.6 is 12.4 Å². The van der Waals surface area contributed by atoms with Gasteiger partial charge in [-0.1, -0.05) is 0 Å². The number of hydrogen-bond acceptors (Lipinski definition) is 9. The fourth-order valence-electron chi connectivity index (χ4n) is 5.15. The van der Waals surface area contributed by atoms with Gasteiger partial charge in [-0.3, -0.25) is 4.68 Å². The van der Waals surface area contributed by atoms with E-state index in [4.69, 9.17) is 10.5 Å². The first-order valence-corrected chi connectivity index (χ1v) is 13.7. The molecule has 1 aliphatic heterocycles. The smallest absolute Gasteiger partial charge is 0.408 e. The Labute approximate surface area is 258 Å². The van der Waals surface area contributed by atoms with E-state index in [-0.39, 0.29) is 29.8 Å². The predicted octanol–water partition coefficient (Wildman–Crippen LogP) is 5.27. The van der Waals surface area contributed by atoms with Gasteiger partial charge in [-0.05, 0) is 50.7 Å². The van der Waals surface area contributed by atoms with E-state index < -0.39 is 18.5 Å². The van der Waals surface area contributed by atoms with Crippen LogP contribution in [0.3, 0.4) is 0 Å². The first-order valence-electron chi connectivity index (χ1n) is 13.7. The van der Waals surface area contributed by atoms with Crippen molar-refractivity contribution in [2.24, 2.45) is 5.73 Å². The predicted molar refractivity (Wildman–Crippen MR) is 163 cm³/mol. The topological polar surface area (TPSA) is 110 Å². The lowest BCUT2D eigenvalue weighted by atomic mass is 10.0. The number of aromatic nitrogens is 5. The summed E-state index contributed by atoms with van der Waals surface area (Å²) in [6.45, 7) is 0.643. The van der Waals surface area contributed by atoms with E-state index in [1.54, 1.807) is 24.4 Å². The zero-order valence-corrected chi connectivity index (χ0v) is 25.3. The van der Waals surface area contributed by atoms with Gasteiger partial charge in [0.05, 0.1) is 18.9 Å². The van der Waals surface area contributed by atoms with Crippen LogP contribution in [0.1, 0.15) is 18.4 Å². The van der Waals surface area contributed by atoms with Gasteiger partial charge in [-0.2, -0.15) is 18.3 Å². The van der Waals surface area contributed by atoms with E-state index in [9.17, 15) is 13.2 Å². The number of halogens is 5. The highest BCUT2D eigenvalue weighted by atomic mass is 35.5. The lowest BCUT2D eigenvalue weighted by Crippen LogP contribution is -2.43. The highest BCUT2D eigenvalue weighted by molar-refractivity contribution is 5.85. The highest BCUT2D eigenvalue weighted by Gasteiger charge is 2.29. The number of methoxy groups -OCH3 is 1. The molecule has 10 nitrogen and oxygen atoms in total. The second kappa shape index (κ2) is 13.7. The van der Waals surface area contributed by atoms with Gasteiger partial charge < -0.3 is 25.6 Å². The van der Waals surface area contributed by atoms with Crippen molar-refractivity contribution in [2.75, 3.05) is 44.5 Å². The van der Waals surface area contributed by atoms with E-state index >= 15 is 4.39 Å². The summed E-state index contributed by atoms with van der Waals surface area (Å²) in [6.07, 6.45) is 3.20. The summed E-state index contributed by atoms with van der Waals surface area (Å²) < 4.78 is 60.5.